The molecule has 1 atom stereocenters. The second kappa shape index (κ2) is 9.38. The molecule has 0 amide bonds. The van der Waals surface area contributed by atoms with E-state index in [1.807, 2.05) is 0 Å². The summed E-state index contributed by atoms with van der Waals surface area (Å²) < 4.78 is 0. The van der Waals surface area contributed by atoms with E-state index in [1.54, 1.807) is 0 Å². The molecule has 0 aliphatic carbocycles. The zero-order chi connectivity index (χ0) is 16.4. The van der Waals surface area contributed by atoms with E-state index in [-0.39, 0.29) is 30.9 Å². The van der Waals surface area contributed by atoms with Crippen molar-refractivity contribution in [2.45, 2.75) is 31.8 Å². The van der Waals surface area contributed by atoms with Crippen LogP contribution in [-0.2, 0) is 6.42 Å². The third-order valence-corrected chi connectivity index (χ3v) is 5.94. The number of benzene rings is 2. The third kappa shape index (κ3) is 4.71. The number of nitrogens with zero attached hydrogens (tertiary/aromatic N) is 1. The molecule has 2 fully saturated rings. The van der Waals surface area contributed by atoms with Crippen LogP contribution >= 0.6 is 24.8 Å². The summed E-state index contributed by atoms with van der Waals surface area (Å²) in [5.74, 6) is 0. The van der Waals surface area contributed by atoms with Crippen molar-refractivity contribution in [3.05, 3.63) is 48.0 Å². The van der Waals surface area contributed by atoms with Gasteiger partial charge in [0.25, 0.3) is 0 Å². The monoisotopic (exact) mass is 396 g/mol. The highest BCUT2D eigenvalue weighted by Gasteiger charge is 2.39. The highest BCUT2D eigenvalue weighted by molar-refractivity contribution is 5.86. The van der Waals surface area contributed by atoms with Gasteiger partial charge < -0.3 is 10.4 Å². The molecule has 0 saturated carbocycles. The lowest BCUT2D eigenvalue weighted by atomic mass is 9.72. The van der Waals surface area contributed by atoms with E-state index in [0.29, 0.717) is 5.41 Å². The molecule has 2 aliphatic rings. The Morgan fingerprint density at radius 3 is 2.58 bits per heavy atom. The Morgan fingerprint density at radius 1 is 1.04 bits per heavy atom. The zero-order valence-corrected chi connectivity index (χ0v) is 16.8. The van der Waals surface area contributed by atoms with Crippen LogP contribution in [0.15, 0.2) is 42.5 Å². The van der Waals surface area contributed by atoms with Gasteiger partial charge in [0, 0.05) is 19.6 Å². The number of rotatable bonds is 3. The minimum atomic E-state index is -0.163. The number of β-amino-alcohol motifs (C(OH)–C–C–N with tert-alkyl or cyclic N) is 1. The Balaban J connectivity index is 0.00000121. The molecule has 2 heterocycles. The first-order valence-corrected chi connectivity index (χ1v) is 9.32. The molecule has 5 heteroatoms. The van der Waals surface area contributed by atoms with Gasteiger partial charge in [-0.15, -0.1) is 24.8 Å². The summed E-state index contributed by atoms with van der Waals surface area (Å²) in [6.45, 7) is 5.23. The first-order chi connectivity index (χ1) is 11.7. The van der Waals surface area contributed by atoms with Crippen LogP contribution in [0.25, 0.3) is 10.8 Å². The predicted octanol–water partition coefficient (Wildman–Crippen LogP) is 3.66. The van der Waals surface area contributed by atoms with E-state index in [2.05, 4.69) is 52.7 Å². The number of hydrogen-bond donors (Lipinski definition) is 2. The van der Waals surface area contributed by atoms with E-state index in [1.165, 1.54) is 29.2 Å². The predicted molar refractivity (Wildman–Crippen MR) is 114 cm³/mol. The summed E-state index contributed by atoms with van der Waals surface area (Å²) in [5, 5.41) is 16.6. The summed E-state index contributed by atoms with van der Waals surface area (Å²) in [5.41, 5.74) is 1.76. The van der Waals surface area contributed by atoms with E-state index >= 15 is 0 Å². The van der Waals surface area contributed by atoms with Crippen LogP contribution in [0.3, 0.4) is 0 Å². The molecule has 0 aromatic heterocycles. The smallest absolute Gasteiger partial charge is 0.0672 e. The Hall–Kier alpha value is -0.840. The quantitative estimate of drug-likeness (QED) is 0.830. The fourth-order valence-electron chi connectivity index (χ4n) is 4.74. The molecule has 2 saturated heterocycles. The van der Waals surface area contributed by atoms with Gasteiger partial charge in [-0.2, -0.15) is 0 Å². The first kappa shape index (κ1) is 21.5. The van der Waals surface area contributed by atoms with Gasteiger partial charge in [0.05, 0.1) is 6.10 Å². The number of aliphatic hydroxyl groups excluding tert-OH is 1. The molecule has 3 nitrogen and oxygen atoms in total. The maximum Gasteiger partial charge on any atom is 0.0672 e. The maximum atomic E-state index is 10.4. The van der Waals surface area contributed by atoms with Crippen molar-refractivity contribution >= 4 is 35.6 Å². The SMILES string of the molecule is Cl.Cl.OC1CN(CCc2cccc3ccccc23)CC2(CCNCC2)C1. The standard InChI is InChI=1S/C21H28N2O.2ClH/c24-19-14-21(9-11-22-12-10-21)16-23(15-19)13-8-18-6-3-5-17-4-1-2-7-20(17)18;;/h1-7,19,22,24H,8-16H2;2*1H. The minimum Gasteiger partial charge on any atom is -0.392 e. The molecule has 1 spiro atoms. The first-order valence-electron chi connectivity index (χ1n) is 9.32. The van der Waals surface area contributed by atoms with Gasteiger partial charge >= 0.3 is 0 Å². The van der Waals surface area contributed by atoms with Crippen LogP contribution in [-0.4, -0.2) is 48.8 Å². The van der Waals surface area contributed by atoms with Gasteiger partial charge in [-0.3, -0.25) is 4.90 Å². The summed E-state index contributed by atoms with van der Waals surface area (Å²) in [7, 11) is 0. The van der Waals surface area contributed by atoms with Crippen LogP contribution < -0.4 is 5.32 Å². The van der Waals surface area contributed by atoms with Crippen molar-refractivity contribution in [2.24, 2.45) is 5.41 Å². The van der Waals surface area contributed by atoms with Gasteiger partial charge in [0.15, 0.2) is 0 Å². The van der Waals surface area contributed by atoms with Crippen molar-refractivity contribution in [3.63, 3.8) is 0 Å². The average molecular weight is 397 g/mol. The van der Waals surface area contributed by atoms with E-state index in [0.717, 1.165) is 45.6 Å². The number of halogens is 2. The largest absolute Gasteiger partial charge is 0.392 e. The Labute approximate surface area is 169 Å². The van der Waals surface area contributed by atoms with E-state index < -0.39 is 0 Å². The third-order valence-electron chi connectivity index (χ3n) is 5.94. The summed E-state index contributed by atoms with van der Waals surface area (Å²) in [6.07, 6.45) is 4.29. The van der Waals surface area contributed by atoms with Crippen LogP contribution in [0, 0.1) is 5.41 Å². The Kier molecular flexibility index (Phi) is 7.75. The Bertz CT molecular complexity index is 698. The zero-order valence-electron chi connectivity index (χ0n) is 15.2. The number of aliphatic hydroxyl groups is 1. The number of likely N-dealkylation sites (tertiary alicyclic amines) is 1. The minimum absolute atomic E-state index is 0. The van der Waals surface area contributed by atoms with E-state index in [4.69, 9.17) is 0 Å². The van der Waals surface area contributed by atoms with Crippen molar-refractivity contribution in [2.75, 3.05) is 32.7 Å². The lowest BCUT2D eigenvalue weighted by Crippen LogP contribution is -2.53. The van der Waals surface area contributed by atoms with Crippen molar-refractivity contribution in [3.8, 4) is 0 Å². The number of fused-ring (bicyclic) bond motifs is 1. The molecule has 2 aliphatic heterocycles. The summed E-state index contributed by atoms with van der Waals surface area (Å²) in [4.78, 5) is 2.50. The fourth-order valence-corrected chi connectivity index (χ4v) is 4.74. The van der Waals surface area contributed by atoms with Crippen LogP contribution in [0.5, 0.6) is 0 Å². The number of nitrogens with one attached hydrogen (secondary N) is 1. The van der Waals surface area contributed by atoms with Crippen molar-refractivity contribution < 1.29 is 5.11 Å². The fraction of sp³-hybridized carbons (Fsp3) is 0.524. The van der Waals surface area contributed by atoms with Gasteiger partial charge in [0.1, 0.15) is 0 Å². The molecule has 2 aromatic carbocycles. The highest BCUT2D eigenvalue weighted by Crippen LogP contribution is 2.38. The van der Waals surface area contributed by atoms with Crippen LogP contribution in [0.2, 0.25) is 0 Å². The second-order valence-corrected chi connectivity index (χ2v) is 7.73. The van der Waals surface area contributed by atoms with Crippen LogP contribution in [0.1, 0.15) is 24.8 Å². The highest BCUT2D eigenvalue weighted by atomic mass is 35.5. The van der Waals surface area contributed by atoms with Gasteiger partial charge in [-0.25, -0.2) is 0 Å². The molecule has 2 N–H and O–H groups in total. The molecule has 1 unspecified atom stereocenters. The van der Waals surface area contributed by atoms with Crippen LogP contribution in [0.4, 0.5) is 0 Å². The topological polar surface area (TPSA) is 35.5 Å². The molecule has 144 valence electrons. The molecule has 0 radical (unpaired) electrons. The molecular formula is C21H30Cl2N2O. The Morgan fingerprint density at radius 2 is 1.77 bits per heavy atom. The van der Waals surface area contributed by atoms with Gasteiger partial charge in [0.2, 0.25) is 0 Å². The summed E-state index contributed by atoms with van der Waals surface area (Å²) >= 11 is 0. The van der Waals surface area contributed by atoms with Crippen molar-refractivity contribution in [1.82, 2.24) is 10.2 Å². The average Bonchev–Trinajstić information content (AvgIpc) is 2.60. The van der Waals surface area contributed by atoms with Gasteiger partial charge in [-0.05, 0) is 60.5 Å². The summed E-state index contributed by atoms with van der Waals surface area (Å²) in [6, 6.07) is 15.2. The molecular weight excluding hydrogens is 367 g/mol. The second-order valence-electron chi connectivity index (χ2n) is 7.73. The van der Waals surface area contributed by atoms with E-state index in [9.17, 15) is 5.11 Å². The lowest BCUT2D eigenvalue weighted by molar-refractivity contribution is -0.0240. The number of hydrogen-bond acceptors (Lipinski definition) is 3. The maximum absolute atomic E-state index is 10.4. The van der Waals surface area contributed by atoms with Crippen molar-refractivity contribution in [1.29, 1.82) is 0 Å². The van der Waals surface area contributed by atoms with Gasteiger partial charge in [-0.1, -0.05) is 42.5 Å². The number of piperidine rings is 2. The molecule has 26 heavy (non-hydrogen) atoms. The normalized spacial score (nSPS) is 22.6. The lowest BCUT2D eigenvalue weighted by Gasteiger charge is -2.47. The molecule has 0 bridgehead atoms. The molecule has 4 rings (SSSR count). The molecule has 2 aromatic rings.